The van der Waals surface area contributed by atoms with Gasteiger partial charge in [0.2, 0.25) is 5.91 Å². The maximum absolute atomic E-state index is 10.6. The molecule has 0 saturated heterocycles. The second-order valence-electron chi connectivity index (χ2n) is 2.85. The first kappa shape index (κ1) is 10.7. The van der Waals surface area contributed by atoms with Crippen molar-refractivity contribution >= 4 is 33.2 Å². The summed E-state index contributed by atoms with van der Waals surface area (Å²) in [6, 6.07) is 1.70. The summed E-state index contributed by atoms with van der Waals surface area (Å²) < 4.78 is 0.962. The van der Waals surface area contributed by atoms with Crippen molar-refractivity contribution in [1.82, 2.24) is 0 Å². The van der Waals surface area contributed by atoms with Gasteiger partial charge < -0.3 is 11.5 Å². The molecule has 1 amide bonds. The van der Waals surface area contributed by atoms with E-state index in [2.05, 4.69) is 15.9 Å². The molecule has 1 heterocycles. The van der Waals surface area contributed by atoms with Crippen molar-refractivity contribution in [3.63, 3.8) is 0 Å². The van der Waals surface area contributed by atoms with E-state index < -0.39 is 0 Å². The lowest BCUT2D eigenvalue weighted by molar-refractivity contribution is -0.118. The molecule has 3 nitrogen and oxygen atoms in total. The van der Waals surface area contributed by atoms with E-state index in [1.165, 1.54) is 4.88 Å². The van der Waals surface area contributed by atoms with Crippen LogP contribution in [-0.2, 0) is 4.79 Å². The number of thiophene rings is 1. The molecule has 0 aliphatic carbocycles. The lowest BCUT2D eigenvalue weighted by Crippen LogP contribution is -2.20. The Kier molecular flexibility index (Phi) is 3.47. The van der Waals surface area contributed by atoms with Crippen molar-refractivity contribution < 1.29 is 4.79 Å². The highest BCUT2D eigenvalue weighted by molar-refractivity contribution is 9.10. The molecule has 0 saturated carbocycles. The standard InChI is InChI=1S/C8H11BrN2OS/c1-4-2-5(9)8(13-4)6(10)3-7(11)12/h2,6H,3,10H2,1H3,(H2,11,12)/t6-/m1/s1. The number of nitrogens with two attached hydrogens (primary N) is 2. The van der Waals surface area contributed by atoms with Crippen LogP contribution in [0.4, 0.5) is 0 Å². The smallest absolute Gasteiger partial charge is 0.219 e. The molecule has 0 aromatic carbocycles. The zero-order valence-electron chi connectivity index (χ0n) is 7.21. The number of hydrogen-bond donors (Lipinski definition) is 2. The van der Waals surface area contributed by atoms with Gasteiger partial charge in [-0.25, -0.2) is 0 Å². The molecular formula is C8H11BrN2OS. The van der Waals surface area contributed by atoms with Gasteiger partial charge in [-0.2, -0.15) is 0 Å². The van der Waals surface area contributed by atoms with Crippen LogP contribution in [0.3, 0.4) is 0 Å². The molecule has 4 N–H and O–H groups in total. The van der Waals surface area contributed by atoms with E-state index in [0.717, 1.165) is 9.35 Å². The average molecular weight is 263 g/mol. The van der Waals surface area contributed by atoms with Gasteiger partial charge in [-0.1, -0.05) is 0 Å². The third-order valence-electron chi connectivity index (χ3n) is 1.59. The molecule has 1 aromatic heterocycles. The minimum absolute atomic E-state index is 0.193. The molecular weight excluding hydrogens is 252 g/mol. The lowest BCUT2D eigenvalue weighted by Gasteiger charge is -2.06. The Morgan fingerprint density at radius 1 is 1.77 bits per heavy atom. The van der Waals surface area contributed by atoms with Crippen LogP contribution in [0, 0.1) is 6.92 Å². The van der Waals surface area contributed by atoms with Gasteiger partial charge in [-0.3, -0.25) is 4.79 Å². The molecule has 13 heavy (non-hydrogen) atoms. The van der Waals surface area contributed by atoms with Crippen molar-refractivity contribution in [1.29, 1.82) is 0 Å². The SMILES string of the molecule is Cc1cc(Br)c([C@H](N)CC(N)=O)s1. The second kappa shape index (κ2) is 4.21. The average Bonchev–Trinajstić information content (AvgIpc) is 2.28. The van der Waals surface area contributed by atoms with E-state index in [-0.39, 0.29) is 18.4 Å². The van der Waals surface area contributed by atoms with Crippen molar-refractivity contribution in [2.75, 3.05) is 0 Å². The van der Waals surface area contributed by atoms with Crippen molar-refractivity contribution in [3.8, 4) is 0 Å². The topological polar surface area (TPSA) is 69.1 Å². The number of hydrogen-bond acceptors (Lipinski definition) is 3. The van der Waals surface area contributed by atoms with Gasteiger partial charge in [0.15, 0.2) is 0 Å². The van der Waals surface area contributed by atoms with Crippen LogP contribution in [0.2, 0.25) is 0 Å². The summed E-state index contributed by atoms with van der Waals surface area (Å²) in [5.74, 6) is -0.370. The number of halogens is 1. The molecule has 0 aliphatic rings. The molecule has 1 rings (SSSR count). The fourth-order valence-electron chi connectivity index (χ4n) is 1.06. The molecule has 5 heteroatoms. The summed E-state index contributed by atoms with van der Waals surface area (Å²) in [5, 5.41) is 0. The number of carbonyl (C=O) groups is 1. The quantitative estimate of drug-likeness (QED) is 0.871. The van der Waals surface area contributed by atoms with E-state index in [9.17, 15) is 4.79 Å². The molecule has 0 radical (unpaired) electrons. The predicted octanol–water partition coefficient (Wildman–Crippen LogP) is 1.69. The highest BCUT2D eigenvalue weighted by Gasteiger charge is 2.14. The first-order valence-electron chi connectivity index (χ1n) is 3.80. The predicted molar refractivity (Wildman–Crippen MR) is 57.5 cm³/mol. The summed E-state index contributed by atoms with van der Waals surface area (Å²) in [5.41, 5.74) is 10.8. The summed E-state index contributed by atoms with van der Waals surface area (Å²) in [7, 11) is 0. The minimum atomic E-state index is -0.370. The van der Waals surface area contributed by atoms with Gasteiger partial charge in [0, 0.05) is 26.7 Å². The van der Waals surface area contributed by atoms with E-state index in [0.29, 0.717) is 0 Å². The second-order valence-corrected chi connectivity index (χ2v) is 4.99. The van der Waals surface area contributed by atoms with Crippen LogP contribution in [-0.4, -0.2) is 5.91 Å². The Morgan fingerprint density at radius 3 is 2.77 bits per heavy atom. The zero-order chi connectivity index (χ0) is 10.0. The van der Waals surface area contributed by atoms with Gasteiger partial charge >= 0.3 is 0 Å². The summed E-state index contributed by atoms with van der Waals surface area (Å²) in [6.07, 6.45) is 0.193. The first-order valence-corrected chi connectivity index (χ1v) is 5.41. The van der Waals surface area contributed by atoms with Gasteiger partial charge in [0.1, 0.15) is 0 Å². The molecule has 0 bridgehead atoms. The molecule has 72 valence electrons. The third-order valence-corrected chi connectivity index (χ3v) is 3.70. The van der Waals surface area contributed by atoms with Gasteiger partial charge in [0.25, 0.3) is 0 Å². The maximum Gasteiger partial charge on any atom is 0.219 e. The fraction of sp³-hybridized carbons (Fsp3) is 0.375. The largest absolute Gasteiger partial charge is 0.370 e. The fourth-order valence-corrected chi connectivity index (χ4v) is 3.01. The molecule has 0 aliphatic heterocycles. The Bertz CT molecular complexity index is 324. The number of primary amides is 1. The molecule has 0 fully saturated rings. The molecule has 1 atom stereocenters. The number of carbonyl (C=O) groups excluding carboxylic acids is 1. The Morgan fingerprint density at radius 2 is 2.38 bits per heavy atom. The zero-order valence-corrected chi connectivity index (χ0v) is 9.61. The van der Waals surface area contributed by atoms with E-state index in [1.807, 2.05) is 13.0 Å². The Hall–Kier alpha value is -0.390. The number of aryl methyl sites for hydroxylation is 1. The number of rotatable bonds is 3. The molecule has 1 aromatic rings. The maximum atomic E-state index is 10.6. The van der Waals surface area contributed by atoms with Crippen LogP contribution in [0.15, 0.2) is 10.5 Å². The highest BCUT2D eigenvalue weighted by Crippen LogP contribution is 2.32. The van der Waals surface area contributed by atoms with E-state index in [4.69, 9.17) is 11.5 Å². The van der Waals surface area contributed by atoms with Crippen LogP contribution in [0.25, 0.3) is 0 Å². The van der Waals surface area contributed by atoms with Crippen LogP contribution in [0.5, 0.6) is 0 Å². The Labute approximate surface area is 89.2 Å². The van der Waals surface area contributed by atoms with Gasteiger partial charge in [-0.05, 0) is 28.9 Å². The summed E-state index contributed by atoms with van der Waals surface area (Å²) in [6.45, 7) is 2.00. The summed E-state index contributed by atoms with van der Waals surface area (Å²) in [4.78, 5) is 12.8. The van der Waals surface area contributed by atoms with Gasteiger partial charge in [0.05, 0.1) is 0 Å². The highest BCUT2D eigenvalue weighted by atomic mass is 79.9. The third kappa shape index (κ3) is 2.79. The van der Waals surface area contributed by atoms with Crippen LogP contribution >= 0.6 is 27.3 Å². The van der Waals surface area contributed by atoms with Gasteiger partial charge in [-0.15, -0.1) is 11.3 Å². The minimum Gasteiger partial charge on any atom is -0.370 e. The van der Waals surface area contributed by atoms with E-state index in [1.54, 1.807) is 11.3 Å². The Balaban J connectivity index is 2.81. The van der Waals surface area contributed by atoms with Crippen LogP contribution < -0.4 is 11.5 Å². The van der Waals surface area contributed by atoms with Crippen LogP contribution in [0.1, 0.15) is 22.2 Å². The van der Waals surface area contributed by atoms with Crippen molar-refractivity contribution in [3.05, 3.63) is 20.3 Å². The normalized spacial score (nSPS) is 12.8. The molecule has 0 unspecified atom stereocenters. The van der Waals surface area contributed by atoms with Crippen molar-refractivity contribution in [2.45, 2.75) is 19.4 Å². The molecule has 0 spiro atoms. The monoisotopic (exact) mass is 262 g/mol. The summed E-state index contributed by atoms with van der Waals surface area (Å²) >= 11 is 4.97. The first-order chi connectivity index (χ1) is 6.00. The van der Waals surface area contributed by atoms with Crippen molar-refractivity contribution in [2.24, 2.45) is 11.5 Å². The number of amides is 1. The lowest BCUT2D eigenvalue weighted by atomic mass is 10.2. The van der Waals surface area contributed by atoms with E-state index >= 15 is 0 Å².